The Labute approximate surface area is 68.2 Å². The Bertz CT molecular complexity index is 215. The highest BCUT2D eigenvalue weighted by Crippen LogP contribution is 2.09. The minimum atomic E-state index is 0.777. The maximum atomic E-state index is 4.12. The largest absolute Gasteiger partial charge is 0.276 e. The molecule has 0 aliphatic rings. The normalized spacial score (nSPS) is 13.4. The molecule has 1 atom stereocenters. The van der Waals surface area contributed by atoms with Gasteiger partial charge in [0.15, 0.2) is 0 Å². The molecule has 0 N–H and O–H groups in total. The summed E-state index contributed by atoms with van der Waals surface area (Å²) in [5, 5.41) is 4.12. The Morgan fingerprint density at radius 3 is 2.82 bits per heavy atom. The van der Waals surface area contributed by atoms with Crippen molar-refractivity contribution in [2.45, 2.75) is 26.7 Å². The standard InChI is InChI=1S/C9H16N2/c1-4-8(2)5-9-6-10-11(3)7-9/h6-8H,4-5H2,1-3H3. The van der Waals surface area contributed by atoms with Crippen LogP contribution < -0.4 is 0 Å². The van der Waals surface area contributed by atoms with Gasteiger partial charge in [-0.25, -0.2) is 0 Å². The molecule has 0 aliphatic carbocycles. The molecule has 0 aliphatic heterocycles. The quantitative estimate of drug-likeness (QED) is 0.647. The van der Waals surface area contributed by atoms with Crippen molar-refractivity contribution in [1.82, 2.24) is 9.78 Å². The summed E-state index contributed by atoms with van der Waals surface area (Å²) in [6, 6.07) is 0. The van der Waals surface area contributed by atoms with Crippen LogP contribution >= 0.6 is 0 Å². The van der Waals surface area contributed by atoms with Gasteiger partial charge in [0.25, 0.3) is 0 Å². The molecule has 1 unspecified atom stereocenters. The SMILES string of the molecule is CCC(C)Cc1cnn(C)c1. The molecule has 1 aromatic rings. The maximum Gasteiger partial charge on any atom is 0.0521 e. The van der Waals surface area contributed by atoms with Crippen molar-refractivity contribution in [3.05, 3.63) is 18.0 Å². The molecule has 0 saturated heterocycles. The fourth-order valence-corrected chi connectivity index (χ4v) is 1.12. The van der Waals surface area contributed by atoms with E-state index < -0.39 is 0 Å². The summed E-state index contributed by atoms with van der Waals surface area (Å²) in [5.74, 6) is 0.777. The molecule has 0 aromatic carbocycles. The number of aromatic nitrogens is 2. The summed E-state index contributed by atoms with van der Waals surface area (Å²) in [6.07, 6.45) is 6.44. The highest BCUT2D eigenvalue weighted by molar-refractivity contribution is 5.04. The smallest absolute Gasteiger partial charge is 0.0521 e. The van der Waals surface area contributed by atoms with Crippen LogP contribution in [0.4, 0.5) is 0 Å². The Balaban J connectivity index is 2.50. The fraction of sp³-hybridized carbons (Fsp3) is 0.667. The molecule has 1 aromatic heterocycles. The van der Waals surface area contributed by atoms with E-state index in [1.54, 1.807) is 0 Å². The zero-order valence-corrected chi connectivity index (χ0v) is 7.54. The average molecular weight is 152 g/mol. The summed E-state index contributed by atoms with van der Waals surface area (Å²) < 4.78 is 1.86. The zero-order valence-electron chi connectivity index (χ0n) is 7.54. The number of rotatable bonds is 3. The lowest BCUT2D eigenvalue weighted by Gasteiger charge is -2.04. The summed E-state index contributed by atoms with van der Waals surface area (Å²) in [4.78, 5) is 0. The van der Waals surface area contributed by atoms with Crippen molar-refractivity contribution in [1.29, 1.82) is 0 Å². The fourth-order valence-electron chi connectivity index (χ4n) is 1.12. The van der Waals surface area contributed by atoms with E-state index in [2.05, 4.69) is 25.1 Å². The minimum Gasteiger partial charge on any atom is -0.276 e. The number of hydrogen-bond donors (Lipinski definition) is 0. The third-order valence-corrected chi connectivity index (χ3v) is 2.04. The Kier molecular flexibility index (Phi) is 2.69. The summed E-state index contributed by atoms with van der Waals surface area (Å²) >= 11 is 0. The van der Waals surface area contributed by atoms with Gasteiger partial charge < -0.3 is 0 Å². The van der Waals surface area contributed by atoms with Crippen molar-refractivity contribution in [3.63, 3.8) is 0 Å². The van der Waals surface area contributed by atoms with Gasteiger partial charge in [0.2, 0.25) is 0 Å². The van der Waals surface area contributed by atoms with Gasteiger partial charge >= 0.3 is 0 Å². The Morgan fingerprint density at radius 1 is 1.64 bits per heavy atom. The van der Waals surface area contributed by atoms with E-state index in [0.29, 0.717) is 0 Å². The Morgan fingerprint density at radius 2 is 2.36 bits per heavy atom. The predicted molar refractivity (Wildman–Crippen MR) is 46.4 cm³/mol. The van der Waals surface area contributed by atoms with Crippen molar-refractivity contribution < 1.29 is 0 Å². The molecule has 0 radical (unpaired) electrons. The second-order valence-electron chi connectivity index (χ2n) is 3.24. The average Bonchev–Trinajstić information content (AvgIpc) is 2.35. The van der Waals surface area contributed by atoms with Crippen molar-refractivity contribution in [3.8, 4) is 0 Å². The lowest BCUT2D eigenvalue weighted by molar-refractivity contribution is 0.560. The summed E-state index contributed by atoms with van der Waals surface area (Å²) in [7, 11) is 1.96. The van der Waals surface area contributed by atoms with Gasteiger partial charge in [-0.2, -0.15) is 5.10 Å². The van der Waals surface area contributed by atoms with Crippen LogP contribution in [0.15, 0.2) is 12.4 Å². The lowest BCUT2D eigenvalue weighted by Crippen LogP contribution is -1.96. The first kappa shape index (κ1) is 8.31. The molecular formula is C9H16N2. The molecule has 62 valence electrons. The molecule has 2 heteroatoms. The van der Waals surface area contributed by atoms with Crippen LogP contribution in [0.3, 0.4) is 0 Å². The first-order valence-electron chi connectivity index (χ1n) is 4.20. The molecule has 2 nitrogen and oxygen atoms in total. The predicted octanol–water partition coefficient (Wildman–Crippen LogP) is 2.01. The lowest BCUT2D eigenvalue weighted by atomic mass is 10.0. The first-order chi connectivity index (χ1) is 5.22. The molecule has 0 spiro atoms. The third-order valence-electron chi connectivity index (χ3n) is 2.04. The summed E-state index contributed by atoms with van der Waals surface area (Å²) in [5.41, 5.74) is 1.35. The van der Waals surface area contributed by atoms with E-state index >= 15 is 0 Å². The second-order valence-corrected chi connectivity index (χ2v) is 3.24. The Hall–Kier alpha value is -0.790. The van der Waals surface area contributed by atoms with Gasteiger partial charge in [-0.1, -0.05) is 20.3 Å². The van der Waals surface area contributed by atoms with Crippen LogP contribution in [0.25, 0.3) is 0 Å². The van der Waals surface area contributed by atoms with Gasteiger partial charge in [-0.05, 0) is 17.9 Å². The van der Waals surface area contributed by atoms with Crippen LogP contribution in [0.5, 0.6) is 0 Å². The molecule has 1 heterocycles. The van der Waals surface area contributed by atoms with Crippen molar-refractivity contribution >= 4 is 0 Å². The van der Waals surface area contributed by atoms with Crippen molar-refractivity contribution in [2.24, 2.45) is 13.0 Å². The van der Waals surface area contributed by atoms with Gasteiger partial charge in [-0.15, -0.1) is 0 Å². The molecule has 0 bridgehead atoms. The van der Waals surface area contributed by atoms with E-state index in [0.717, 1.165) is 12.3 Å². The van der Waals surface area contributed by atoms with E-state index in [1.165, 1.54) is 12.0 Å². The van der Waals surface area contributed by atoms with Crippen molar-refractivity contribution in [2.75, 3.05) is 0 Å². The van der Waals surface area contributed by atoms with Crippen LogP contribution in [0, 0.1) is 5.92 Å². The molecule has 0 fully saturated rings. The molecule has 11 heavy (non-hydrogen) atoms. The summed E-state index contributed by atoms with van der Waals surface area (Å²) in [6.45, 7) is 4.49. The number of nitrogens with zero attached hydrogens (tertiary/aromatic N) is 2. The van der Waals surface area contributed by atoms with Gasteiger partial charge in [0, 0.05) is 13.2 Å². The second kappa shape index (κ2) is 3.56. The van der Waals surface area contributed by atoms with E-state index in [1.807, 2.05) is 17.9 Å². The topological polar surface area (TPSA) is 17.8 Å². The van der Waals surface area contributed by atoms with Gasteiger partial charge in [0.05, 0.1) is 6.20 Å². The highest BCUT2D eigenvalue weighted by Gasteiger charge is 2.01. The van der Waals surface area contributed by atoms with Gasteiger partial charge in [-0.3, -0.25) is 4.68 Å². The van der Waals surface area contributed by atoms with E-state index in [-0.39, 0.29) is 0 Å². The molecular weight excluding hydrogens is 136 g/mol. The first-order valence-corrected chi connectivity index (χ1v) is 4.20. The number of aryl methyl sites for hydroxylation is 1. The molecule has 0 saturated carbocycles. The third kappa shape index (κ3) is 2.37. The van der Waals surface area contributed by atoms with E-state index in [4.69, 9.17) is 0 Å². The van der Waals surface area contributed by atoms with Crippen LogP contribution in [0.1, 0.15) is 25.8 Å². The van der Waals surface area contributed by atoms with E-state index in [9.17, 15) is 0 Å². The van der Waals surface area contributed by atoms with Crippen LogP contribution in [-0.4, -0.2) is 9.78 Å². The van der Waals surface area contributed by atoms with Gasteiger partial charge in [0.1, 0.15) is 0 Å². The minimum absolute atomic E-state index is 0.777. The number of hydrogen-bond acceptors (Lipinski definition) is 1. The zero-order chi connectivity index (χ0) is 8.27. The molecule has 0 amide bonds. The highest BCUT2D eigenvalue weighted by atomic mass is 15.2. The van der Waals surface area contributed by atoms with Crippen LogP contribution in [-0.2, 0) is 13.5 Å². The van der Waals surface area contributed by atoms with Crippen LogP contribution in [0.2, 0.25) is 0 Å². The molecule has 1 rings (SSSR count). The maximum absolute atomic E-state index is 4.12. The monoisotopic (exact) mass is 152 g/mol.